The topological polar surface area (TPSA) is 84.9 Å². The molecule has 8 heteroatoms. The number of benzene rings is 2. The number of amides is 3. The largest absolute Gasteiger partial charge is 0.457 e. The molecule has 0 saturated carbocycles. The molecule has 0 bridgehead atoms. The predicted molar refractivity (Wildman–Crippen MR) is 113 cm³/mol. The molecule has 2 aliphatic heterocycles. The number of likely N-dealkylation sites (N-methyl/N-ethyl adjacent to an activating group) is 1. The van der Waals surface area contributed by atoms with E-state index in [2.05, 4.69) is 5.32 Å². The van der Waals surface area contributed by atoms with E-state index in [1.165, 1.54) is 0 Å². The number of thioether (sulfide) groups is 1. The minimum Gasteiger partial charge on any atom is -0.457 e. The Morgan fingerprint density at radius 2 is 1.77 bits per heavy atom. The van der Waals surface area contributed by atoms with Gasteiger partial charge in [0.1, 0.15) is 18.1 Å². The second-order valence-corrected chi connectivity index (χ2v) is 8.06. The number of nitrogens with one attached hydrogen (secondary N) is 1. The number of carbonyl (C=O) groups is 3. The first-order valence-corrected chi connectivity index (χ1v) is 10.2. The van der Waals surface area contributed by atoms with Gasteiger partial charge in [0.05, 0.1) is 17.6 Å². The Balaban J connectivity index is 1.36. The Labute approximate surface area is 178 Å². The van der Waals surface area contributed by atoms with Crippen molar-refractivity contribution in [3.8, 4) is 11.5 Å². The van der Waals surface area contributed by atoms with Crippen molar-refractivity contribution in [1.29, 1.82) is 0 Å². The van der Waals surface area contributed by atoms with E-state index in [9.17, 15) is 14.4 Å². The van der Waals surface area contributed by atoms with Crippen molar-refractivity contribution >= 4 is 34.9 Å². The summed E-state index contributed by atoms with van der Waals surface area (Å²) >= 11 is 0.890. The molecule has 1 atom stereocenters. The highest BCUT2D eigenvalue weighted by atomic mass is 32.2. The van der Waals surface area contributed by atoms with Crippen molar-refractivity contribution < 1.29 is 23.9 Å². The minimum atomic E-state index is -0.374. The molecule has 7 nitrogen and oxygen atoms in total. The Hall–Kier alpha value is -3.10. The molecular formula is C22H20N2O5S. The van der Waals surface area contributed by atoms with E-state index in [0.717, 1.165) is 29.3 Å². The molecule has 0 aromatic heterocycles. The van der Waals surface area contributed by atoms with Gasteiger partial charge in [0.2, 0.25) is 5.91 Å². The molecule has 2 aromatic rings. The first-order chi connectivity index (χ1) is 14.5. The highest BCUT2D eigenvalue weighted by Gasteiger charge is 2.26. The van der Waals surface area contributed by atoms with Crippen LogP contribution in [0.5, 0.6) is 11.5 Å². The van der Waals surface area contributed by atoms with Crippen LogP contribution < -0.4 is 10.1 Å². The molecule has 4 rings (SSSR count). The maximum absolute atomic E-state index is 11.7. The zero-order valence-electron chi connectivity index (χ0n) is 16.3. The normalized spacial score (nSPS) is 20.6. The molecule has 3 amide bonds. The SMILES string of the molecule is CN1C(=O)COCC1Cc1ccc(Oc2ccc(/C=C3/SC(=O)NC3=O)cc2)cc1. The Kier molecular flexibility index (Phi) is 5.87. The van der Waals surface area contributed by atoms with Crippen LogP contribution in [0.25, 0.3) is 6.08 Å². The lowest BCUT2D eigenvalue weighted by molar-refractivity contribution is -0.145. The number of nitrogens with zero attached hydrogens (tertiary/aromatic N) is 1. The van der Waals surface area contributed by atoms with Gasteiger partial charge in [-0.05, 0) is 59.7 Å². The summed E-state index contributed by atoms with van der Waals surface area (Å²) in [5, 5.41) is 1.87. The van der Waals surface area contributed by atoms with Crippen molar-refractivity contribution in [2.75, 3.05) is 20.3 Å². The molecule has 30 heavy (non-hydrogen) atoms. The summed E-state index contributed by atoms with van der Waals surface area (Å²) in [5.41, 5.74) is 1.90. The standard InChI is InChI=1S/C22H20N2O5S/c1-24-16(12-28-13-20(24)25)10-14-2-6-17(7-3-14)29-18-8-4-15(5-9-18)11-19-21(26)23-22(27)30-19/h2-9,11,16H,10,12-13H2,1H3,(H,23,26,27)/b19-11+. The van der Waals surface area contributed by atoms with Gasteiger partial charge in [-0.1, -0.05) is 24.3 Å². The molecular weight excluding hydrogens is 404 g/mol. The van der Waals surface area contributed by atoms with E-state index in [-0.39, 0.29) is 29.7 Å². The van der Waals surface area contributed by atoms with Gasteiger partial charge in [0, 0.05) is 7.05 Å². The number of carbonyl (C=O) groups excluding carboxylic acids is 3. The van der Waals surface area contributed by atoms with Crippen LogP contribution >= 0.6 is 11.8 Å². The molecule has 2 saturated heterocycles. The lowest BCUT2D eigenvalue weighted by Crippen LogP contribution is -2.47. The van der Waals surface area contributed by atoms with Crippen LogP contribution in [0.15, 0.2) is 53.4 Å². The van der Waals surface area contributed by atoms with Gasteiger partial charge in [0.25, 0.3) is 11.1 Å². The first-order valence-electron chi connectivity index (χ1n) is 9.43. The van der Waals surface area contributed by atoms with Crippen LogP contribution in [-0.2, 0) is 20.7 Å². The van der Waals surface area contributed by atoms with E-state index in [1.54, 1.807) is 23.1 Å². The number of hydrogen-bond donors (Lipinski definition) is 1. The zero-order chi connectivity index (χ0) is 21.1. The molecule has 2 aromatic carbocycles. The monoisotopic (exact) mass is 424 g/mol. The maximum atomic E-state index is 11.7. The summed E-state index contributed by atoms with van der Waals surface area (Å²) < 4.78 is 11.2. The molecule has 2 heterocycles. The molecule has 1 N–H and O–H groups in total. The quantitative estimate of drug-likeness (QED) is 0.742. The van der Waals surface area contributed by atoms with E-state index < -0.39 is 0 Å². The maximum Gasteiger partial charge on any atom is 0.290 e. The Morgan fingerprint density at radius 1 is 1.10 bits per heavy atom. The molecule has 154 valence electrons. The van der Waals surface area contributed by atoms with Crippen LogP contribution in [0.4, 0.5) is 4.79 Å². The van der Waals surface area contributed by atoms with Crippen LogP contribution in [0.3, 0.4) is 0 Å². The van der Waals surface area contributed by atoms with Crippen LogP contribution in [0.1, 0.15) is 11.1 Å². The van der Waals surface area contributed by atoms with E-state index >= 15 is 0 Å². The third kappa shape index (κ3) is 4.72. The van der Waals surface area contributed by atoms with E-state index in [1.807, 2.05) is 43.4 Å². The van der Waals surface area contributed by atoms with Gasteiger partial charge in [-0.2, -0.15) is 0 Å². The van der Waals surface area contributed by atoms with Crippen LogP contribution in [0.2, 0.25) is 0 Å². The van der Waals surface area contributed by atoms with Crippen LogP contribution in [-0.4, -0.2) is 48.3 Å². The van der Waals surface area contributed by atoms with Crippen molar-refractivity contribution in [1.82, 2.24) is 10.2 Å². The Bertz CT molecular complexity index is 1000. The van der Waals surface area contributed by atoms with Crippen LogP contribution in [0, 0.1) is 0 Å². The average Bonchev–Trinajstić information content (AvgIpc) is 3.05. The Morgan fingerprint density at radius 3 is 2.40 bits per heavy atom. The third-order valence-electron chi connectivity index (χ3n) is 4.93. The fourth-order valence-corrected chi connectivity index (χ4v) is 3.88. The predicted octanol–water partition coefficient (Wildman–Crippen LogP) is 3.20. The number of imide groups is 1. The lowest BCUT2D eigenvalue weighted by Gasteiger charge is -2.32. The van der Waals surface area contributed by atoms with Gasteiger partial charge < -0.3 is 14.4 Å². The van der Waals surface area contributed by atoms with Gasteiger partial charge in [-0.25, -0.2) is 0 Å². The summed E-state index contributed by atoms with van der Waals surface area (Å²) in [7, 11) is 1.81. The van der Waals surface area contributed by atoms with Crippen molar-refractivity contribution in [3.63, 3.8) is 0 Å². The fraction of sp³-hybridized carbons (Fsp3) is 0.227. The van der Waals surface area contributed by atoms with Gasteiger partial charge in [-0.15, -0.1) is 0 Å². The molecule has 2 aliphatic rings. The van der Waals surface area contributed by atoms with Gasteiger partial charge in [0.15, 0.2) is 0 Å². The number of rotatable bonds is 5. The van der Waals surface area contributed by atoms with Crippen molar-refractivity contribution in [2.45, 2.75) is 12.5 Å². The van der Waals surface area contributed by atoms with E-state index in [4.69, 9.17) is 9.47 Å². The molecule has 2 fully saturated rings. The molecule has 1 unspecified atom stereocenters. The van der Waals surface area contributed by atoms with Crippen molar-refractivity contribution in [3.05, 3.63) is 64.6 Å². The smallest absolute Gasteiger partial charge is 0.290 e. The minimum absolute atomic E-state index is 0.00375. The highest BCUT2D eigenvalue weighted by Crippen LogP contribution is 2.27. The van der Waals surface area contributed by atoms with Gasteiger partial charge in [-0.3, -0.25) is 19.7 Å². The third-order valence-corrected chi connectivity index (χ3v) is 5.74. The second-order valence-electron chi connectivity index (χ2n) is 7.04. The van der Waals surface area contributed by atoms with Gasteiger partial charge >= 0.3 is 0 Å². The highest BCUT2D eigenvalue weighted by molar-refractivity contribution is 8.18. The summed E-state index contributed by atoms with van der Waals surface area (Å²) in [6.45, 7) is 0.692. The molecule has 0 aliphatic carbocycles. The lowest BCUT2D eigenvalue weighted by atomic mass is 10.0. The second kappa shape index (κ2) is 8.73. The summed E-state index contributed by atoms with van der Waals surface area (Å²) in [4.78, 5) is 36.7. The summed E-state index contributed by atoms with van der Waals surface area (Å²) in [6, 6.07) is 15.0. The average molecular weight is 424 g/mol. The number of ether oxygens (including phenoxy) is 2. The fourth-order valence-electron chi connectivity index (χ4n) is 3.20. The first kappa shape index (κ1) is 20.2. The molecule has 0 spiro atoms. The molecule has 0 radical (unpaired) electrons. The number of hydrogen-bond acceptors (Lipinski definition) is 6. The summed E-state index contributed by atoms with van der Waals surface area (Å²) in [6.07, 6.45) is 2.39. The van der Waals surface area contributed by atoms with Crippen molar-refractivity contribution in [2.24, 2.45) is 0 Å². The van der Waals surface area contributed by atoms with E-state index in [0.29, 0.717) is 23.0 Å². The summed E-state index contributed by atoms with van der Waals surface area (Å²) in [5.74, 6) is 0.992. The zero-order valence-corrected chi connectivity index (χ0v) is 17.1. The number of morpholine rings is 1.